The molecule has 4 heteroatoms. The standard InChI is InChI=1S/C9H13NO3/c11-6-9(12)13-8-5-10-3-1-7(8)2-4-10/h6-8H,1-5H2/t8-/m0/s1. The molecule has 2 bridgehead atoms. The van der Waals surface area contributed by atoms with Gasteiger partial charge in [0.05, 0.1) is 0 Å². The van der Waals surface area contributed by atoms with Gasteiger partial charge < -0.3 is 4.74 Å². The first kappa shape index (κ1) is 8.69. The highest BCUT2D eigenvalue weighted by atomic mass is 16.5. The predicted molar refractivity (Wildman–Crippen MR) is 45.1 cm³/mol. The van der Waals surface area contributed by atoms with Crippen molar-refractivity contribution >= 4 is 12.3 Å². The Bertz CT molecular complexity index is 221. The third-order valence-corrected chi connectivity index (χ3v) is 2.96. The number of fused-ring (bicyclic) bond motifs is 3. The molecule has 3 fully saturated rings. The van der Waals surface area contributed by atoms with E-state index in [1.54, 1.807) is 0 Å². The van der Waals surface area contributed by atoms with E-state index in [9.17, 15) is 9.59 Å². The Labute approximate surface area is 76.8 Å². The summed E-state index contributed by atoms with van der Waals surface area (Å²) in [6, 6.07) is 0. The lowest BCUT2D eigenvalue weighted by atomic mass is 9.86. The topological polar surface area (TPSA) is 46.6 Å². The summed E-state index contributed by atoms with van der Waals surface area (Å²) in [4.78, 5) is 23.1. The molecular formula is C9H13NO3. The van der Waals surface area contributed by atoms with Crippen LogP contribution in [-0.2, 0) is 14.3 Å². The molecule has 0 N–H and O–H groups in total. The Morgan fingerprint density at radius 1 is 1.38 bits per heavy atom. The highest BCUT2D eigenvalue weighted by Gasteiger charge is 2.36. The summed E-state index contributed by atoms with van der Waals surface area (Å²) in [5, 5.41) is 0. The van der Waals surface area contributed by atoms with E-state index in [0.717, 1.165) is 32.5 Å². The zero-order valence-electron chi connectivity index (χ0n) is 7.44. The van der Waals surface area contributed by atoms with Crippen LogP contribution < -0.4 is 0 Å². The van der Waals surface area contributed by atoms with Crippen LogP contribution >= 0.6 is 0 Å². The van der Waals surface area contributed by atoms with Crippen LogP contribution in [0.25, 0.3) is 0 Å². The average Bonchev–Trinajstić information content (AvgIpc) is 2.19. The van der Waals surface area contributed by atoms with Crippen LogP contribution in [0, 0.1) is 5.92 Å². The second-order valence-electron chi connectivity index (χ2n) is 3.73. The van der Waals surface area contributed by atoms with Crippen molar-refractivity contribution in [3.8, 4) is 0 Å². The molecule has 0 spiro atoms. The number of hydrogen-bond acceptors (Lipinski definition) is 4. The van der Waals surface area contributed by atoms with E-state index in [1.807, 2.05) is 0 Å². The van der Waals surface area contributed by atoms with E-state index in [0.29, 0.717) is 5.92 Å². The number of carbonyl (C=O) groups excluding carboxylic acids is 2. The zero-order chi connectivity index (χ0) is 9.26. The van der Waals surface area contributed by atoms with Gasteiger partial charge in [-0.25, -0.2) is 4.79 Å². The molecule has 4 nitrogen and oxygen atoms in total. The molecule has 3 saturated heterocycles. The average molecular weight is 183 g/mol. The number of piperidine rings is 3. The largest absolute Gasteiger partial charge is 0.455 e. The first-order valence-electron chi connectivity index (χ1n) is 4.68. The van der Waals surface area contributed by atoms with Crippen LogP contribution in [0.4, 0.5) is 0 Å². The maximum absolute atomic E-state index is 10.7. The molecule has 72 valence electrons. The maximum Gasteiger partial charge on any atom is 0.371 e. The monoisotopic (exact) mass is 183 g/mol. The number of esters is 1. The molecule has 0 amide bonds. The van der Waals surface area contributed by atoms with Gasteiger partial charge in [-0.3, -0.25) is 9.69 Å². The number of aldehydes is 1. The van der Waals surface area contributed by atoms with Crippen molar-refractivity contribution in [2.75, 3.05) is 19.6 Å². The molecule has 3 aliphatic heterocycles. The predicted octanol–water partition coefficient (Wildman–Crippen LogP) is -0.177. The summed E-state index contributed by atoms with van der Waals surface area (Å²) in [5.41, 5.74) is 0. The smallest absolute Gasteiger partial charge is 0.371 e. The van der Waals surface area contributed by atoms with Crippen LogP contribution in [-0.4, -0.2) is 42.9 Å². The highest BCUT2D eigenvalue weighted by molar-refractivity contribution is 6.20. The fourth-order valence-corrected chi connectivity index (χ4v) is 2.22. The zero-order valence-corrected chi connectivity index (χ0v) is 7.44. The van der Waals surface area contributed by atoms with Crippen LogP contribution in [0.1, 0.15) is 12.8 Å². The molecule has 0 aromatic heterocycles. The second-order valence-corrected chi connectivity index (χ2v) is 3.73. The summed E-state index contributed by atoms with van der Waals surface area (Å²) < 4.78 is 5.03. The molecule has 0 unspecified atom stereocenters. The van der Waals surface area contributed by atoms with Crippen LogP contribution in [0.5, 0.6) is 0 Å². The maximum atomic E-state index is 10.7. The van der Waals surface area contributed by atoms with Gasteiger partial charge in [0, 0.05) is 6.54 Å². The summed E-state index contributed by atoms with van der Waals surface area (Å²) in [6.07, 6.45) is 2.39. The third-order valence-electron chi connectivity index (χ3n) is 2.96. The summed E-state index contributed by atoms with van der Waals surface area (Å²) in [5.74, 6) is -0.243. The van der Waals surface area contributed by atoms with Gasteiger partial charge in [0.25, 0.3) is 0 Å². The van der Waals surface area contributed by atoms with E-state index in [-0.39, 0.29) is 12.4 Å². The van der Waals surface area contributed by atoms with Crippen molar-refractivity contribution in [1.29, 1.82) is 0 Å². The van der Waals surface area contributed by atoms with E-state index in [1.165, 1.54) is 0 Å². The molecule has 0 saturated carbocycles. The van der Waals surface area contributed by atoms with Crippen molar-refractivity contribution in [1.82, 2.24) is 4.90 Å². The highest BCUT2D eigenvalue weighted by Crippen LogP contribution is 2.29. The van der Waals surface area contributed by atoms with Gasteiger partial charge >= 0.3 is 5.97 Å². The van der Waals surface area contributed by atoms with Gasteiger partial charge in [-0.15, -0.1) is 0 Å². The minimum absolute atomic E-state index is 0.0415. The third kappa shape index (κ3) is 1.72. The molecule has 3 heterocycles. The molecule has 0 aromatic carbocycles. The van der Waals surface area contributed by atoms with E-state index in [2.05, 4.69) is 4.90 Å². The van der Waals surface area contributed by atoms with Crippen molar-refractivity contribution in [3.05, 3.63) is 0 Å². The molecule has 3 aliphatic rings. The number of hydrogen-bond donors (Lipinski definition) is 0. The van der Waals surface area contributed by atoms with Crippen molar-refractivity contribution < 1.29 is 14.3 Å². The lowest BCUT2D eigenvalue weighted by molar-refractivity contribution is -0.161. The number of rotatable bonds is 2. The fraction of sp³-hybridized carbons (Fsp3) is 0.778. The first-order valence-corrected chi connectivity index (χ1v) is 4.68. The number of carbonyl (C=O) groups is 2. The van der Waals surface area contributed by atoms with Crippen LogP contribution in [0.3, 0.4) is 0 Å². The Hall–Kier alpha value is -0.900. The van der Waals surface area contributed by atoms with Crippen LogP contribution in [0.2, 0.25) is 0 Å². The van der Waals surface area contributed by atoms with E-state index < -0.39 is 5.97 Å². The van der Waals surface area contributed by atoms with E-state index in [4.69, 9.17) is 4.74 Å². The van der Waals surface area contributed by atoms with Crippen molar-refractivity contribution in [2.45, 2.75) is 18.9 Å². The van der Waals surface area contributed by atoms with Gasteiger partial charge in [0.2, 0.25) is 6.29 Å². The molecular weight excluding hydrogens is 170 g/mol. The Balaban J connectivity index is 1.93. The van der Waals surface area contributed by atoms with Gasteiger partial charge in [-0.05, 0) is 31.8 Å². The normalized spacial score (nSPS) is 37.1. The summed E-state index contributed by atoms with van der Waals surface area (Å²) >= 11 is 0. The van der Waals surface area contributed by atoms with Crippen molar-refractivity contribution in [2.24, 2.45) is 5.92 Å². The SMILES string of the molecule is O=CC(=O)O[C@H]1CN2CCC1CC2. The van der Waals surface area contributed by atoms with E-state index >= 15 is 0 Å². The molecule has 0 aromatic rings. The first-order chi connectivity index (χ1) is 6.29. The lowest BCUT2D eigenvalue weighted by Crippen LogP contribution is -2.52. The molecule has 0 aliphatic carbocycles. The van der Waals surface area contributed by atoms with Crippen LogP contribution in [0.15, 0.2) is 0 Å². The Morgan fingerprint density at radius 2 is 2.08 bits per heavy atom. The molecule has 3 rings (SSSR count). The number of nitrogens with zero attached hydrogens (tertiary/aromatic N) is 1. The quantitative estimate of drug-likeness (QED) is 0.338. The van der Waals surface area contributed by atoms with Gasteiger partial charge in [0.1, 0.15) is 6.10 Å². The van der Waals surface area contributed by atoms with Gasteiger partial charge in [-0.1, -0.05) is 0 Å². The van der Waals surface area contributed by atoms with Gasteiger partial charge in [0.15, 0.2) is 0 Å². The second kappa shape index (κ2) is 3.46. The summed E-state index contributed by atoms with van der Waals surface area (Å²) in [7, 11) is 0. The molecule has 0 radical (unpaired) electrons. The number of ether oxygens (including phenoxy) is 1. The minimum Gasteiger partial charge on any atom is -0.455 e. The fourth-order valence-electron chi connectivity index (χ4n) is 2.22. The minimum atomic E-state index is -0.723. The van der Waals surface area contributed by atoms with Gasteiger partial charge in [-0.2, -0.15) is 0 Å². The molecule has 1 atom stereocenters. The Kier molecular flexibility index (Phi) is 2.31. The van der Waals surface area contributed by atoms with Crippen molar-refractivity contribution in [3.63, 3.8) is 0 Å². The Morgan fingerprint density at radius 3 is 2.54 bits per heavy atom. The molecule has 13 heavy (non-hydrogen) atoms. The lowest BCUT2D eigenvalue weighted by Gasteiger charge is -2.43. The summed E-state index contributed by atoms with van der Waals surface area (Å²) in [6.45, 7) is 3.03.